The van der Waals surface area contributed by atoms with Gasteiger partial charge in [0.25, 0.3) is 0 Å². The van der Waals surface area contributed by atoms with Crippen LogP contribution >= 0.6 is 0 Å². The molecule has 4 rings (SSSR count). The van der Waals surface area contributed by atoms with Crippen molar-refractivity contribution in [2.24, 2.45) is 0 Å². The number of hydrogen-bond donors (Lipinski definition) is 1. The molecule has 2 fully saturated rings. The van der Waals surface area contributed by atoms with Crippen LogP contribution in [0.3, 0.4) is 0 Å². The van der Waals surface area contributed by atoms with Gasteiger partial charge in [0.15, 0.2) is 0 Å². The molecule has 0 aromatic heterocycles. The maximum Gasteiger partial charge on any atom is 0.0113 e. The zero-order valence-corrected chi connectivity index (χ0v) is 13.2. The zero-order valence-electron chi connectivity index (χ0n) is 13.2. The molecule has 3 aliphatic rings. The van der Waals surface area contributed by atoms with Crippen LogP contribution in [-0.2, 0) is 12.8 Å². The Kier molecular flexibility index (Phi) is 3.76. The van der Waals surface area contributed by atoms with Crippen molar-refractivity contribution < 1.29 is 0 Å². The number of rotatable bonds is 2. The van der Waals surface area contributed by atoms with Gasteiger partial charge in [-0.3, -0.25) is 0 Å². The molecule has 0 radical (unpaired) electrons. The molecule has 1 N–H and O–H groups in total. The van der Waals surface area contributed by atoms with Crippen molar-refractivity contribution in [1.82, 2.24) is 10.2 Å². The van der Waals surface area contributed by atoms with Crippen LogP contribution in [0.4, 0.5) is 0 Å². The summed E-state index contributed by atoms with van der Waals surface area (Å²) in [5.41, 5.74) is 3.16. The summed E-state index contributed by atoms with van der Waals surface area (Å²) in [4.78, 5) is 2.66. The van der Waals surface area contributed by atoms with Gasteiger partial charge in [0.1, 0.15) is 0 Å². The van der Waals surface area contributed by atoms with E-state index in [-0.39, 0.29) is 0 Å². The third kappa shape index (κ3) is 2.76. The van der Waals surface area contributed by atoms with Crippen LogP contribution in [0.2, 0.25) is 0 Å². The van der Waals surface area contributed by atoms with Crippen molar-refractivity contribution in [1.29, 1.82) is 0 Å². The van der Waals surface area contributed by atoms with Crippen LogP contribution in [0.5, 0.6) is 0 Å². The van der Waals surface area contributed by atoms with Crippen LogP contribution in [-0.4, -0.2) is 36.1 Å². The number of aryl methyl sites for hydroxylation is 1. The predicted molar refractivity (Wildman–Crippen MR) is 87.6 cm³/mol. The molecular formula is C19H28N2. The fraction of sp³-hybridized carbons (Fsp3) is 0.684. The Morgan fingerprint density at radius 1 is 0.952 bits per heavy atom. The summed E-state index contributed by atoms with van der Waals surface area (Å²) < 4.78 is 0. The first-order valence-corrected chi connectivity index (χ1v) is 8.84. The van der Waals surface area contributed by atoms with E-state index in [0.29, 0.717) is 6.04 Å². The van der Waals surface area contributed by atoms with E-state index in [4.69, 9.17) is 0 Å². The molecule has 0 saturated carbocycles. The van der Waals surface area contributed by atoms with Gasteiger partial charge in [0.2, 0.25) is 0 Å². The van der Waals surface area contributed by atoms with Crippen molar-refractivity contribution in [3.63, 3.8) is 0 Å². The molecule has 2 saturated heterocycles. The predicted octanol–water partition coefficient (Wildman–Crippen LogP) is 3.15. The highest BCUT2D eigenvalue weighted by Crippen LogP contribution is 2.33. The SMILES string of the molecule is CN1C2CCCC1CC(NC1CCc3ccccc3C1)C2. The molecule has 1 aliphatic carbocycles. The normalized spacial score (nSPS) is 36.2. The molecule has 21 heavy (non-hydrogen) atoms. The lowest BCUT2D eigenvalue weighted by atomic mass is 9.81. The Labute approximate surface area is 128 Å². The number of piperidine rings is 2. The van der Waals surface area contributed by atoms with E-state index in [1.807, 2.05) is 0 Å². The van der Waals surface area contributed by atoms with Crippen LogP contribution in [0.1, 0.15) is 49.7 Å². The maximum absolute atomic E-state index is 4.02. The van der Waals surface area contributed by atoms with Crippen LogP contribution in [0.25, 0.3) is 0 Å². The van der Waals surface area contributed by atoms with E-state index in [9.17, 15) is 0 Å². The van der Waals surface area contributed by atoms with Gasteiger partial charge in [-0.25, -0.2) is 0 Å². The van der Waals surface area contributed by atoms with Gasteiger partial charge in [0.05, 0.1) is 0 Å². The monoisotopic (exact) mass is 284 g/mol. The first kappa shape index (κ1) is 13.8. The highest BCUT2D eigenvalue weighted by molar-refractivity contribution is 5.30. The molecule has 1 aromatic carbocycles. The molecule has 0 amide bonds. The fourth-order valence-corrected chi connectivity index (χ4v) is 4.93. The molecule has 3 atom stereocenters. The molecule has 2 heteroatoms. The minimum Gasteiger partial charge on any atom is -0.311 e. The summed E-state index contributed by atoms with van der Waals surface area (Å²) in [7, 11) is 2.35. The average Bonchev–Trinajstić information content (AvgIpc) is 2.48. The van der Waals surface area contributed by atoms with Gasteiger partial charge in [-0.1, -0.05) is 30.7 Å². The molecule has 2 bridgehead atoms. The smallest absolute Gasteiger partial charge is 0.0113 e. The molecular weight excluding hydrogens is 256 g/mol. The molecule has 114 valence electrons. The van der Waals surface area contributed by atoms with E-state index in [0.717, 1.165) is 18.1 Å². The molecule has 2 aliphatic heterocycles. The topological polar surface area (TPSA) is 15.3 Å². The Morgan fingerprint density at radius 2 is 1.67 bits per heavy atom. The largest absolute Gasteiger partial charge is 0.311 e. The highest BCUT2D eigenvalue weighted by Gasteiger charge is 2.36. The Morgan fingerprint density at radius 3 is 2.43 bits per heavy atom. The molecule has 1 aromatic rings. The second-order valence-electron chi connectivity index (χ2n) is 7.45. The lowest BCUT2D eigenvalue weighted by molar-refractivity contribution is 0.0453. The molecule has 0 spiro atoms. The standard InChI is InChI=1S/C19H28N2/c1-21-18-7-4-8-19(21)13-17(12-18)20-16-10-9-14-5-2-3-6-15(14)11-16/h2-3,5-6,16-20H,4,7-13H2,1H3. The minimum atomic E-state index is 0.703. The second kappa shape index (κ2) is 5.73. The van der Waals surface area contributed by atoms with Gasteiger partial charge in [-0.05, 0) is 63.1 Å². The summed E-state index contributed by atoms with van der Waals surface area (Å²) in [6, 6.07) is 12.2. The number of benzene rings is 1. The van der Waals surface area contributed by atoms with Crippen molar-refractivity contribution in [3.8, 4) is 0 Å². The maximum atomic E-state index is 4.02. The average molecular weight is 284 g/mol. The van der Waals surface area contributed by atoms with Crippen LogP contribution < -0.4 is 5.32 Å². The van der Waals surface area contributed by atoms with Gasteiger partial charge in [-0.2, -0.15) is 0 Å². The summed E-state index contributed by atoms with van der Waals surface area (Å²) >= 11 is 0. The van der Waals surface area contributed by atoms with Crippen molar-refractivity contribution in [2.45, 2.75) is 75.5 Å². The minimum absolute atomic E-state index is 0.703. The van der Waals surface area contributed by atoms with Gasteiger partial charge >= 0.3 is 0 Å². The van der Waals surface area contributed by atoms with Crippen molar-refractivity contribution in [2.75, 3.05) is 7.05 Å². The summed E-state index contributed by atoms with van der Waals surface area (Å²) in [6.45, 7) is 0. The number of nitrogens with zero attached hydrogens (tertiary/aromatic N) is 1. The molecule has 2 heterocycles. The van der Waals surface area contributed by atoms with Gasteiger partial charge < -0.3 is 10.2 Å². The highest BCUT2D eigenvalue weighted by atomic mass is 15.2. The summed E-state index contributed by atoms with van der Waals surface area (Å²) in [5.74, 6) is 0. The number of hydrogen-bond acceptors (Lipinski definition) is 2. The fourth-order valence-electron chi connectivity index (χ4n) is 4.93. The Hall–Kier alpha value is -0.860. The molecule has 2 nitrogen and oxygen atoms in total. The summed E-state index contributed by atoms with van der Waals surface area (Å²) in [5, 5.41) is 4.02. The third-order valence-corrected chi connectivity index (χ3v) is 6.16. The van der Waals surface area contributed by atoms with Gasteiger partial charge in [-0.15, -0.1) is 0 Å². The van der Waals surface area contributed by atoms with Crippen molar-refractivity contribution in [3.05, 3.63) is 35.4 Å². The lowest BCUT2D eigenvalue weighted by Crippen LogP contribution is -2.56. The first-order valence-electron chi connectivity index (χ1n) is 8.84. The van der Waals surface area contributed by atoms with E-state index in [2.05, 4.69) is 41.5 Å². The Bertz CT molecular complexity index is 484. The van der Waals surface area contributed by atoms with Crippen LogP contribution in [0, 0.1) is 0 Å². The summed E-state index contributed by atoms with van der Waals surface area (Å²) in [6.07, 6.45) is 10.8. The van der Waals surface area contributed by atoms with E-state index >= 15 is 0 Å². The number of fused-ring (bicyclic) bond motifs is 3. The van der Waals surface area contributed by atoms with E-state index < -0.39 is 0 Å². The number of nitrogens with one attached hydrogen (secondary N) is 1. The molecule has 3 unspecified atom stereocenters. The first-order chi connectivity index (χ1) is 10.3. The van der Waals surface area contributed by atoms with E-state index in [1.165, 1.54) is 51.4 Å². The Balaban J connectivity index is 1.39. The van der Waals surface area contributed by atoms with E-state index in [1.54, 1.807) is 11.1 Å². The van der Waals surface area contributed by atoms with Crippen LogP contribution in [0.15, 0.2) is 24.3 Å². The quantitative estimate of drug-likeness (QED) is 0.897. The van der Waals surface area contributed by atoms with Crippen molar-refractivity contribution >= 4 is 0 Å². The van der Waals surface area contributed by atoms with Gasteiger partial charge in [0, 0.05) is 24.2 Å². The lowest BCUT2D eigenvalue weighted by Gasteiger charge is -2.48. The second-order valence-corrected chi connectivity index (χ2v) is 7.45. The third-order valence-electron chi connectivity index (χ3n) is 6.16. The zero-order chi connectivity index (χ0) is 14.2.